The minimum absolute atomic E-state index is 0.0362. The van der Waals surface area contributed by atoms with Gasteiger partial charge in [0.1, 0.15) is 11.3 Å². The third-order valence-electron chi connectivity index (χ3n) is 4.46. The van der Waals surface area contributed by atoms with Crippen LogP contribution in [0, 0.1) is 6.92 Å². The normalized spacial score (nSPS) is 10.7. The SMILES string of the molecule is Cc1ccc(NC(=O)c2oc3ccccc3c2NC(=O)c2ccc(Cl)cc2)cc1. The molecule has 1 aromatic heterocycles. The summed E-state index contributed by atoms with van der Waals surface area (Å²) in [6, 6.07) is 21.1. The highest BCUT2D eigenvalue weighted by Crippen LogP contribution is 2.32. The van der Waals surface area contributed by atoms with Crippen LogP contribution in [0.2, 0.25) is 5.02 Å². The zero-order chi connectivity index (χ0) is 20.4. The fourth-order valence-electron chi connectivity index (χ4n) is 2.94. The molecule has 1 heterocycles. The van der Waals surface area contributed by atoms with Gasteiger partial charge in [-0.1, -0.05) is 41.4 Å². The van der Waals surface area contributed by atoms with Crippen molar-refractivity contribution >= 4 is 45.8 Å². The maximum atomic E-state index is 12.9. The number of benzene rings is 3. The molecule has 3 aromatic carbocycles. The number of aryl methyl sites for hydroxylation is 1. The van der Waals surface area contributed by atoms with Crippen molar-refractivity contribution < 1.29 is 14.0 Å². The van der Waals surface area contributed by atoms with Gasteiger partial charge in [-0.15, -0.1) is 0 Å². The molecule has 0 aliphatic rings. The number of fused-ring (bicyclic) bond motifs is 1. The minimum Gasteiger partial charge on any atom is -0.449 e. The van der Waals surface area contributed by atoms with E-state index in [-0.39, 0.29) is 11.7 Å². The Morgan fingerprint density at radius 1 is 0.828 bits per heavy atom. The second kappa shape index (κ2) is 7.81. The molecule has 0 fully saturated rings. The molecule has 0 unspecified atom stereocenters. The standard InChI is InChI=1S/C23H17ClN2O3/c1-14-6-12-17(13-7-14)25-23(28)21-20(18-4-2-3-5-19(18)29-21)26-22(27)15-8-10-16(24)11-9-15/h2-13H,1H3,(H,25,28)(H,26,27). The quantitative estimate of drug-likeness (QED) is 0.445. The van der Waals surface area contributed by atoms with E-state index < -0.39 is 5.91 Å². The van der Waals surface area contributed by atoms with Crippen LogP contribution in [-0.4, -0.2) is 11.8 Å². The summed E-state index contributed by atoms with van der Waals surface area (Å²) in [6.45, 7) is 1.97. The summed E-state index contributed by atoms with van der Waals surface area (Å²) in [4.78, 5) is 25.6. The zero-order valence-corrected chi connectivity index (χ0v) is 16.3. The number of anilines is 2. The Bertz CT molecular complexity index is 1200. The molecule has 144 valence electrons. The van der Waals surface area contributed by atoms with Crippen molar-refractivity contribution in [3.8, 4) is 0 Å². The molecule has 0 spiro atoms. The summed E-state index contributed by atoms with van der Waals surface area (Å²) in [5.41, 5.74) is 2.97. The van der Waals surface area contributed by atoms with Gasteiger partial charge in [0.15, 0.2) is 0 Å². The molecular formula is C23H17ClN2O3. The lowest BCUT2D eigenvalue weighted by molar-refractivity contribution is 0.0999. The largest absolute Gasteiger partial charge is 0.449 e. The molecule has 4 rings (SSSR count). The Balaban J connectivity index is 1.68. The number of carbonyl (C=O) groups is 2. The summed E-state index contributed by atoms with van der Waals surface area (Å²) < 4.78 is 5.76. The van der Waals surface area contributed by atoms with Gasteiger partial charge in [0.05, 0.1) is 0 Å². The number of rotatable bonds is 4. The topological polar surface area (TPSA) is 71.3 Å². The predicted molar refractivity (Wildman–Crippen MR) is 115 cm³/mol. The lowest BCUT2D eigenvalue weighted by Crippen LogP contribution is -2.17. The van der Waals surface area contributed by atoms with Crippen molar-refractivity contribution in [3.05, 3.63) is 94.7 Å². The van der Waals surface area contributed by atoms with E-state index in [0.717, 1.165) is 5.56 Å². The second-order valence-corrected chi connectivity index (χ2v) is 7.02. The highest BCUT2D eigenvalue weighted by atomic mass is 35.5. The molecule has 0 atom stereocenters. The van der Waals surface area contributed by atoms with Crippen LogP contribution in [0.15, 0.2) is 77.2 Å². The molecule has 29 heavy (non-hydrogen) atoms. The Morgan fingerprint density at radius 3 is 2.24 bits per heavy atom. The molecule has 4 aromatic rings. The number of carbonyl (C=O) groups excluding carboxylic acids is 2. The second-order valence-electron chi connectivity index (χ2n) is 6.58. The molecule has 0 saturated carbocycles. The first-order valence-corrected chi connectivity index (χ1v) is 9.35. The van der Waals surface area contributed by atoms with Crippen LogP contribution >= 0.6 is 11.6 Å². The van der Waals surface area contributed by atoms with E-state index in [2.05, 4.69) is 10.6 Å². The van der Waals surface area contributed by atoms with Crippen LogP contribution < -0.4 is 10.6 Å². The van der Waals surface area contributed by atoms with Gasteiger partial charge >= 0.3 is 0 Å². The van der Waals surface area contributed by atoms with Gasteiger partial charge in [0.25, 0.3) is 11.8 Å². The van der Waals surface area contributed by atoms with Crippen molar-refractivity contribution in [1.82, 2.24) is 0 Å². The molecule has 2 amide bonds. The summed E-state index contributed by atoms with van der Waals surface area (Å²) >= 11 is 5.89. The number of hydrogen-bond donors (Lipinski definition) is 2. The summed E-state index contributed by atoms with van der Waals surface area (Å²) in [5.74, 6) is -0.775. The van der Waals surface area contributed by atoms with Crippen molar-refractivity contribution in [2.24, 2.45) is 0 Å². The van der Waals surface area contributed by atoms with Crippen LogP contribution in [0.25, 0.3) is 11.0 Å². The Kier molecular flexibility index (Phi) is 5.06. The van der Waals surface area contributed by atoms with Gasteiger partial charge in [-0.3, -0.25) is 9.59 Å². The van der Waals surface area contributed by atoms with Crippen LogP contribution in [0.4, 0.5) is 11.4 Å². The average Bonchev–Trinajstić information content (AvgIpc) is 3.09. The molecule has 0 saturated heterocycles. The maximum absolute atomic E-state index is 12.9. The lowest BCUT2D eigenvalue weighted by atomic mass is 10.1. The van der Waals surface area contributed by atoms with Crippen LogP contribution in [0.5, 0.6) is 0 Å². The van der Waals surface area contributed by atoms with Gasteiger partial charge in [-0.05, 0) is 55.5 Å². The summed E-state index contributed by atoms with van der Waals surface area (Å²) in [7, 11) is 0. The van der Waals surface area contributed by atoms with Gasteiger partial charge in [0, 0.05) is 21.7 Å². The molecule has 0 radical (unpaired) electrons. The summed E-state index contributed by atoms with van der Waals surface area (Å²) in [5, 5.41) is 6.79. The number of amides is 2. The maximum Gasteiger partial charge on any atom is 0.293 e. The summed E-state index contributed by atoms with van der Waals surface area (Å²) in [6.07, 6.45) is 0. The molecule has 0 aliphatic carbocycles. The number of furan rings is 1. The Labute approximate surface area is 172 Å². The molecule has 0 bridgehead atoms. The van der Waals surface area contributed by atoms with Crippen LogP contribution in [-0.2, 0) is 0 Å². The van der Waals surface area contributed by atoms with E-state index in [1.165, 1.54) is 0 Å². The zero-order valence-electron chi connectivity index (χ0n) is 15.5. The molecule has 2 N–H and O–H groups in total. The Hall–Kier alpha value is -3.57. The van der Waals surface area contributed by atoms with Crippen LogP contribution in [0.1, 0.15) is 26.5 Å². The van der Waals surface area contributed by atoms with Crippen molar-refractivity contribution in [2.45, 2.75) is 6.92 Å². The van der Waals surface area contributed by atoms with E-state index in [4.69, 9.17) is 16.0 Å². The predicted octanol–water partition coefficient (Wildman–Crippen LogP) is 5.90. The fourth-order valence-corrected chi connectivity index (χ4v) is 3.07. The lowest BCUT2D eigenvalue weighted by Gasteiger charge is -2.08. The van der Waals surface area contributed by atoms with Gasteiger partial charge in [-0.25, -0.2) is 0 Å². The first-order chi connectivity index (χ1) is 14.0. The Morgan fingerprint density at radius 2 is 1.52 bits per heavy atom. The molecule has 5 nitrogen and oxygen atoms in total. The first kappa shape index (κ1) is 18.8. The van der Waals surface area contributed by atoms with E-state index >= 15 is 0 Å². The number of para-hydroxylation sites is 1. The fraction of sp³-hybridized carbons (Fsp3) is 0.0435. The average molecular weight is 405 g/mol. The number of halogens is 1. The number of nitrogens with one attached hydrogen (secondary N) is 2. The smallest absolute Gasteiger partial charge is 0.293 e. The van der Waals surface area contributed by atoms with E-state index in [1.54, 1.807) is 42.5 Å². The van der Waals surface area contributed by atoms with E-state index in [9.17, 15) is 9.59 Å². The van der Waals surface area contributed by atoms with Crippen molar-refractivity contribution in [2.75, 3.05) is 10.6 Å². The highest BCUT2D eigenvalue weighted by molar-refractivity contribution is 6.30. The highest BCUT2D eigenvalue weighted by Gasteiger charge is 2.22. The third-order valence-corrected chi connectivity index (χ3v) is 4.71. The van der Waals surface area contributed by atoms with Crippen molar-refractivity contribution in [3.63, 3.8) is 0 Å². The molecular weight excluding hydrogens is 388 g/mol. The minimum atomic E-state index is -0.448. The van der Waals surface area contributed by atoms with Crippen molar-refractivity contribution in [1.29, 1.82) is 0 Å². The third kappa shape index (κ3) is 4.00. The van der Waals surface area contributed by atoms with E-state index in [1.807, 2.05) is 37.3 Å². The van der Waals surface area contributed by atoms with Gasteiger partial charge in [-0.2, -0.15) is 0 Å². The number of hydrogen-bond acceptors (Lipinski definition) is 3. The molecule has 0 aliphatic heterocycles. The first-order valence-electron chi connectivity index (χ1n) is 8.98. The monoisotopic (exact) mass is 404 g/mol. The molecule has 6 heteroatoms. The van der Waals surface area contributed by atoms with Gasteiger partial charge < -0.3 is 15.1 Å². The van der Waals surface area contributed by atoms with Gasteiger partial charge in [0.2, 0.25) is 5.76 Å². The van der Waals surface area contributed by atoms with Crippen LogP contribution in [0.3, 0.4) is 0 Å². The van der Waals surface area contributed by atoms with E-state index in [0.29, 0.717) is 32.9 Å².